The standard InChI is InChI=1S/C58H73N9O9S/c1-38-5-3-4-6-45(38)52-36-63(35-40-14-26-74-27-15-40)24-25-65(52)43-32-58(33-43)19-22-64(23-20-58)42-7-9-46(49(30-42)66-48-16-28-75-37-53(48)76-56-51(66)29-41-13-21-59-54(41)61-56)55(68)62-77(72,73)44-8-10-47(50(31-44)67(70)71)60-34-39-11-17-57(2,69)18-12-39/h3-10,13,21,29-31,39-40,43,48,52-53,60,69H,11-12,14-20,22-28,32-37H2,1-2H3,(H,59,61)(H,62,68)/t39-,48-,52-,53-,57-/m0/s1. The number of hydrogen-bond acceptors (Lipinski definition) is 15. The average molecular weight is 1070 g/mol. The van der Waals surface area contributed by atoms with Crippen molar-refractivity contribution in [1.82, 2.24) is 24.5 Å². The fourth-order valence-corrected chi connectivity index (χ4v) is 14.8. The van der Waals surface area contributed by atoms with Crippen LogP contribution in [0.2, 0.25) is 0 Å². The van der Waals surface area contributed by atoms with E-state index >= 15 is 0 Å². The van der Waals surface area contributed by atoms with Gasteiger partial charge in [-0.2, -0.15) is 4.98 Å². The number of aromatic amines is 1. The molecule has 0 unspecified atom stereocenters. The van der Waals surface area contributed by atoms with Gasteiger partial charge in [-0.3, -0.25) is 24.7 Å². The van der Waals surface area contributed by atoms with Gasteiger partial charge in [-0.1, -0.05) is 24.3 Å². The maximum Gasteiger partial charge on any atom is 0.293 e. The van der Waals surface area contributed by atoms with Crippen molar-refractivity contribution >= 4 is 55.4 Å². The summed E-state index contributed by atoms with van der Waals surface area (Å²) in [5.41, 5.74) is 4.95. The van der Waals surface area contributed by atoms with Crippen molar-refractivity contribution < 1.29 is 37.5 Å². The van der Waals surface area contributed by atoms with Crippen molar-refractivity contribution in [2.75, 3.05) is 87.4 Å². The number of aromatic nitrogens is 2. The first-order valence-corrected chi connectivity index (χ1v) is 29.5. The predicted octanol–water partition coefficient (Wildman–Crippen LogP) is 8.47. The molecule has 3 aromatic carbocycles. The molecule has 19 heteroatoms. The topological polar surface area (TPSA) is 208 Å². The van der Waals surface area contributed by atoms with Crippen LogP contribution in [0.3, 0.4) is 0 Å². The zero-order valence-electron chi connectivity index (χ0n) is 44.3. The highest BCUT2D eigenvalue weighted by Gasteiger charge is 2.50. The maximum atomic E-state index is 14.8. The number of carbonyl (C=O) groups is 1. The van der Waals surface area contributed by atoms with Gasteiger partial charge in [0.25, 0.3) is 21.6 Å². The van der Waals surface area contributed by atoms with Crippen LogP contribution in [-0.2, 0) is 19.5 Å². The number of ether oxygens (including phenoxy) is 3. The Morgan fingerprint density at radius 1 is 0.896 bits per heavy atom. The number of sulfonamides is 1. The molecule has 18 nitrogen and oxygen atoms in total. The second-order valence-electron chi connectivity index (χ2n) is 23.6. The molecule has 7 heterocycles. The summed E-state index contributed by atoms with van der Waals surface area (Å²) >= 11 is 0. The summed E-state index contributed by atoms with van der Waals surface area (Å²) in [5, 5.41) is 26.8. The molecule has 5 aliphatic heterocycles. The molecule has 0 bridgehead atoms. The lowest BCUT2D eigenvalue weighted by atomic mass is 9.59. The van der Waals surface area contributed by atoms with Crippen LogP contribution in [0.25, 0.3) is 11.0 Å². The Bertz CT molecular complexity index is 3100. The number of pyridine rings is 1. The maximum absolute atomic E-state index is 14.8. The molecule has 7 aliphatic rings. The summed E-state index contributed by atoms with van der Waals surface area (Å²) in [4.78, 5) is 44.3. The number of nitrogens with zero attached hydrogens (tertiary/aromatic N) is 6. The van der Waals surface area contributed by atoms with E-state index in [-0.39, 0.29) is 28.6 Å². The van der Waals surface area contributed by atoms with Gasteiger partial charge in [0.05, 0.1) is 39.3 Å². The number of nitrogens with one attached hydrogen (secondary N) is 3. The van der Waals surface area contributed by atoms with Crippen LogP contribution in [0.5, 0.6) is 5.88 Å². The van der Waals surface area contributed by atoms with E-state index in [9.17, 15) is 28.4 Å². The Kier molecular flexibility index (Phi) is 14.2. The van der Waals surface area contributed by atoms with E-state index < -0.39 is 43.1 Å². The molecule has 5 aromatic rings. The van der Waals surface area contributed by atoms with E-state index in [2.05, 4.69) is 65.8 Å². The van der Waals surface area contributed by atoms with Gasteiger partial charge in [0.2, 0.25) is 5.88 Å². The van der Waals surface area contributed by atoms with Gasteiger partial charge >= 0.3 is 0 Å². The molecule has 4 saturated heterocycles. The molecular weight excluding hydrogens is 999 g/mol. The van der Waals surface area contributed by atoms with E-state index in [1.807, 2.05) is 37.4 Å². The Labute approximate surface area is 451 Å². The third kappa shape index (κ3) is 10.6. The highest BCUT2D eigenvalue weighted by Crippen LogP contribution is 2.54. The van der Waals surface area contributed by atoms with Crippen LogP contribution in [0.1, 0.15) is 105 Å². The van der Waals surface area contributed by atoms with Crippen molar-refractivity contribution in [3.63, 3.8) is 0 Å². The number of aliphatic hydroxyl groups is 1. The van der Waals surface area contributed by atoms with Gasteiger partial charge in [-0.15, -0.1) is 0 Å². The smallest absolute Gasteiger partial charge is 0.293 e. The minimum Gasteiger partial charge on any atom is -0.468 e. The summed E-state index contributed by atoms with van der Waals surface area (Å²) in [6.07, 6.45) is 11.5. The molecule has 410 valence electrons. The Balaban J connectivity index is 0.796. The molecule has 0 radical (unpaired) electrons. The van der Waals surface area contributed by atoms with Crippen molar-refractivity contribution in [3.05, 3.63) is 106 Å². The SMILES string of the molecule is Cc1ccccc1[C@@H]1CN(CC2CCOCC2)CCN1C1CC2(CCN(c3ccc(C(=O)NS(=O)(=O)c4ccc(NC[C@H]5CC[C@](C)(O)CC5)c([N+](=O)[O-])c4)c(N4c5cc6cc[nH]c6nc5O[C@H]5COCC[C@@H]54)c3)CC2)C1. The summed E-state index contributed by atoms with van der Waals surface area (Å²) in [5.74, 6) is 0.397. The molecule has 4 N–H and O–H groups in total. The second-order valence-corrected chi connectivity index (χ2v) is 25.2. The normalized spacial score (nSPS) is 26.4. The Hall–Kier alpha value is -5.83. The van der Waals surface area contributed by atoms with Crippen LogP contribution >= 0.6 is 0 Å². The van der Waals surface area contributed by atoms with Gasteiger partial charge in [0, 0.05) is 101 Å². The fraction of sp³-hybridized carbons (Fsp3) is 0.552. The number of amides is 1. The number of fused-ring (bicyclic) bond motifs is 3. The molecule has 6 fully saturated rings. The van der Waals surface area contributed by atoms with Crippen LogP contribution in [-0.4, -0.2) is 140 Å². The number of rotatable bonds is 13. The van der Waals surface area contributed by atoms with Crippen molar-refractivity contribution in [1.29, 1.82) is 0 Å². The second kappa shape index (κ2) is 21.1. The lowest BCUT2D eigenvalue weighted by Gasteiger charge is -2.58. The quantitative estimate of drug-likeness (QED) is 0.0644. The average Bonchev–Trinajstić information content (AvgIpc) is 3.99. The highest BCUT2D eigenvalue weighted by molar-refractivity contribution is 7.90. The molecule has 2 aliphatic carbocycles. The van der Waals surface area contributed by atoms with Crippen LogP contribution < -0.4 is 24.6 Å². The molecule has 1 amide bonds. The number of anilines is 4. The predicted molar refractivity (Wildman–Crippen MR) is 295 cm³/mol. The summed E-state index contributed by atoms with van der Waals surface area (Å²) in [6.45, 7) is 13.1. The van der Waals surface area contributed by atoms with Gasteiger partial charge in [-0.05, 0) is 155 Å². The molecule has 2 aromatic heterocycles. The summed E-state index contributed by atoms with van der Waals surface area (Å²) in [7, 11) is -4.62. The molecule has 12 rings (SSSR count). The molecule has 2 saturated carbocycles. The first-order chi connectivity index (χ1) is 37.2. The third-order valence-corrected chi connectivity index (χ3v) is 19.8. The number of piperidine rings is 1. The Morgan fingerprint density at radius 2 is 1.68 bits per heavy atom. The number of hydrogen-bond donors (Lipinski definition) is 4. The lowest BCUT2D eigenvalue weighted by Crippen LogP contribution is -2.60. The number of piperazine rings is 1. The number of nitro benzene ring substituents is 1. The first kappa shape index (κ1) is 51.9. The van der Waals surface area contributed by atoms with Crippen LogP contribution in [0.4, 0.5) is 28.4 Å². The minimum atomic E-state index is -4.62. The van der Waals surface area contributed by atoms with E-state index in [0.29, 0.717) is 79.9 Å². The molecular formula is C58H73N9O9S. The van der Waals surface area contributed by atoms with E-state index in [1.165, 1.54) is 36.1 Å². The van der Waals surface area contributed by atoms with E-state index in [4.69, 9.17) is 19.2 Å². The first-order valence-electron chi connectivity index (χ1n) is 28.0. The zero-order chi connectivity index (χ0) is 53.1. The largest absolute Gasteiger partial charge is 0.468 e. The monoisotopic (exact) mass is 1070 g/mol. The highest BCUT2D eigenvalue weighted by atomic mass is 32.2. The number of aryl methyl sites for hydroxylation is 1. The number of H-pyrrole nitrogens is 1. The minimum absolute atomic E-state index is 0.121. The Morgan fingerprint density at radius 3 is 2.45 bits per heavy atom. The summed E-state index contributed by atoms with van der Waals surface area (Å²) < 4.78 is 49.0. The molecule has 77 heavy (non-hydrogen) atoms. The summed E-state index contributed by atoms with van der Waals surface area (Å²) in [6, 6.07) is 22.8. The van der Waals surface area contributed by atoms with Gasteiger partial charge in [-0.25, -0.2) is 13.1 Å². The van der Waals surface area contributed by atoms with Gasteiger partial charge in [0.1, 0.15) is 23.1 Å². The third-order valence-electron chi connectivity index (χ3n) is 18.5. The zero-order valence-corrected chi connectivity index (χ0v) is 45.1. The number of benzene rings is 3. The van der Waals surface area contributed by atoms with Crippen LogP contribution in [0, 0.1) is 34.3 Å². The van der Waals surface area contributed by atoms with Gasteiger partial charge in [0.15, 0.2) is 0 Å². The van der Waals surface area contributed by atoms with Crippen molar-refractivity contribution in [2.45, 2.75) is 119 Å². The molecule has 3 atom stereocenters. The van der Waals surface area contributed by atoms with Crippen molar-refractivity contribution in [3.8, 4) is 5.88 Å². The van der Waals surface area contributed by atoms with Crippen molar-refractivity contribution in [2.24, 2.45) is 17.3 Å². The van der Waals surface area contributed by atoms with Gasteiger partial charge < -0.3 is 39.4 Å². The molecule has 1 spiro atoms. The van der Waals surface area contributed by atoms with E-state index in [1.54, 1.807) is 6.07 Å². The van der Waals surface area contributed by atoms with Crippen LogP contribution in [0.15, 0.2) is 83.9 Å². The number of carbonyl (C=O) groups excluding carboxylic acids is 1. The fourth-order valence-electron chi connectivity index (χ4n) is 13.8. The lowest BCUT2D eigenvalue weighted by molar-refractivity contribution is -0.384. The van der Waals surface area contributed by atoms with E-state index in [0.717, 1.165) is 108 Å². The number of nitro groups is 1.